The number of benzene rings is 1. The van der Waals surface area contributed by atoms with Crippen LogP contribution in [0.5, 0.6) is 11.5 Å². The molecule has 3 rings (SSSR count). The molecule has 1 aromatic heterocycles. The Bertz CT molecular complexity index is 728. The zero-order valence-electron chi connectivity index (χ0n) is 14.1. The summed E-state index contributed by atoms with van der Waals surface area (Å²) in [7, 11) is 3.44. The van der Waals surface area contributed by atoms with Gasteiger partial charge in [0.05, 0.1) is 17.5 Å². The number of hydrogen-bond acceptors (Lipinski definition) is 5. The monoisotopic (exact) mass is 347 g/mol. The Morgan fingerprint density at radius 3 is 2.75 bits per heavy atom. The lowest BCUT2D eigenvalue weighted by Crippen LogP contribution is -2.37. The van der Waals surface area contributed by atoms with Gasteiger partial charge < -0.3 is 19.1 Å². The maximum atomic E-state index is 12.6. The minimum Gasteiger partial charge on any atom is -0.486 e. The molecule has 0 aliphatic carbocycles. The molecule has 128 valence electrons. The molecule has 0 unspecified atom stereocenters. The van der Waals surface area contributed by atoms with Crippen LogP contribution < -0.4 is 9.47 Å². The fourth-order valence-electron chi connectivity index (χ4n) is 2.53. The lowest BCUT2D eigenvalue weighted by atomic mass is 10.1. The molecule has 5 nitrogen and oxygen atoms in total. The smallest absolute Gasteiger partial charge is 0.264 e. The Morgan fingerprint density at radius 1 is 1.25 bits per heavy atom. The Hall–Kier alpha value is -2.05. The standard InChI is InChI=1S/C18H21NO4S/c1-12(11-21-3)19(2)18(20)17-7-6-16(24-17)13-4-5-14-15(10-13)23-9-8-22-14/h4-7,10,12H,8-9,11H2,1-3H3/t12-/m1/s1. The lowest BCUT2D eigenvalue weighted by Gasteiger charge is -2.23. The molecule has 2 aromatic rings. The van der Waals surface area contributed by atoms with Gasteiger partial charge in [-0.1, -0.05) is 0 Å². The van der Waals surface area contributed by atoms with Crippen molar-refractivity contribution in [3.05, 3.63) is 35.2 Å². The van der Waals surface area contributed by atoms with E-state index in [0.717, 1.165) is 21.9 Å². The van der Waals surface area contributed by atoms with E-state index in [1.165, 1.54) is 11.3 Å². The Morgan fingerprint density at radius 2 is 2.00 bits per heavy atom. The summed E-state index contributed by atoms with van der Waals surface area (Å²) in [6.45, 7) is 3.63. The van der Waals surface area contributed by atoms with Crippen LogP contribution in [0.3, 0.4) is 0 Å². The van der Waals surface area contributed by atoms with Gasteiger partial charge in [-0.05, 0) is 42.8 Å². The third kappa shape index (κ3) is 3.39. The van der Waals surface area contributed by atoms with Crippen LogP contribution in [0, 0.1) is 0 Å². The van der Waals surface area contributed by atoms with Crippen LogP contribution in [0.15, 0.2) is 30.3 Å². The second-order valence-electron chi connectivity index (χ2n) is 5.74. The number of amides is 1. The van der Waals surface area contributed by atoms with Crippen molar-refractivity contribution < 1.29 is 19.0 Å². The number of nitrogens with zero attached hydrogens (tertiary/aromatic N) is 1. The highest BCUT2D eigenvalue weighted by atomic mass is 32.1. The van der Waals surface area contributed by atoms with Crippen LogP contribution in [-0.2, 0) is 4.74 Å². The van der Waals surface area contributed by atoms with Gasteiger partial charge in [0, 0.05) is 19.0 Å². The minimum atomic E-state index is 0.00773. The Kier molecular flexibility index (Phi) is 5.06. The third-order valence-corrected chi connectivity index (χ3v) is 5.16. The summed E-state index contributed by atoms with van der Waals surface area (Å²) in [5.41, 5.74) is 1.02. The van der Waals surface area contributed by atoms with Crippen LogP contribution in [-0.4, -0.2) is 50.8 Å². The highest BCUT2D eigenvalue weighted by molar-refractivity contribution is 7.17. The molecular formula is C18H21NO4S. The van der Waals surface area contributed by atoms with Crippen molar-refractivity contribution in [1.29, 1.82) is 0 Å². The van der Waals surface area contributed by atoms with Crippen LogP contribution in [0.1, 0.15) is 16.6 Å². The highest BCUT2D eigenvalue weighted by Gasteiger charge is 2.20. The van der Waals surface area contributed by atoms with Crippen LogP contribution in [0.25, 0.3) is 10.4 Å². The molecule has 6 heteroatoms. The molecule has 0 bridgehead atoms. The van der Waals surface area contributed by atoms with E-state index >= 15 is 0 Å². The molecule has 0 radical (unpaired) electrons. The van der Waals surface area contributed by atoms with Gasteiger partial charge in [0.1, 0.15) is 13.2 Å². The van der Waals surface area contributed by atoms with Crippen LogP contribution in [0.4, 0.5) is 0 Å². The topological polar surface area (TPSA) is 48.0 Å². The van der Waals surface area contributed by atoms with Crippen molar-refractivity contribution in [1.82, 2.24) is 4.90 Å². The number of carbonyl (C=O) groups is 1. The van der Waals surface area contributed by atoms with Gasteiger partial charge in [-0.25, -0.2) is 0 Å². The summed E-state index contributed by atoms with van der Waals surface area (Å²) >= 11 is 1.48. The first-order valence-corrected chi connectivity index (χ1v) is 8.67. The van der Waals surface area contributed by atoms with E-state index in [9.17, 15) is 4.79 Å². The summed E-state index contributed by atoms with van der Waals surface area (Å²) in [5.74, 6) is 1.53. The summed E-state index contributed by atoms with van der Waals surface area (Å²) in [4.78, 5) is 16.0. The molecule has 1 aliphatic heterocycles. The maximum Gasteiger partial charge on any atom is 0.264 e. The number of fused-ring (bicyclic) bond motifs is 1. The van der Waals surface area contributed by atoms with Gasteiger partial charge in [0.25, 0.3) is 5.91 Å². The summed E-state index contributed by atoms with van der Waals surface area (Å²) in [6.07, 6.45) is 0. The predicted molar refractivity (Wildman–Crippen MR) is 94.2 cm³/mol. The molecular weight excluding hydrogens is 326 g/mol. The number of carbonyl (C=O) groups excluding carboxylic acids is 1. The molecule has 1 amide bonds. The average Bonchev–Trinajstić information content (AvgIpc) is 3.10. The zero-order chi connectivity index (χ0) is 17.1. The first-order valence-electron chi connectivity index (χ1n) is 7.86. The number of rotatable bonds is 5. The second-order valence-corrected chi connectivity index (χ2v) is 6.83. The largest absolute Gasteiger partial charge is 0.486 e. The fraction of sp³-hybridized carbons (Fsp3) is 0.389. The minimum absolute atomic E-state index is 0.00773. The van der Waals surface area contributed by atoms with E-state index in [4.69, 9.17) is 14.2 Å². The van der Waals surface area contributed by atoms with E-state index in [-0.39, 0.29) is 11.9 Å². The summed E-state index contributed by atoms with van der Waals surface area (Å²) in [6, 6.07) is 9.74. The maximum absolute atomic E-state index is 12.6. The second kappa shape index (κ2) is 7.23. The first-order chi connectivity index (χ1) is 11.6. The molecule has 0 spiro atoms. The molecule has 24 heavy (non-hydrogen) atoms. The van der Waals surface area contributed by atoms with E-state index < -0.39 is 0 Å². The number of likely N-dealkylation sites (N-methyl/N-ethyl adjacent to an activating group) is 1. The van der Waals surface area contributed by atoms with Crippen molar-refractivity contribution >= 4 is 17.2 Å². The molecule has 0 N–H and O–H groups in total. The normalized spacial score (nSPS) is 14.3. The van der Waals surface area contributed by atoms with E-state index in [1.54, 1.807) is 19.1 Å². The van der Waals surface area contributed by atoms with Gasteiger partial charge in [-0.2, -0.15) is 0 Å². The van der Waals surface area contributed by atoms with Crippen molar-refractivity contribution in [3.8, 4) is 21.9 Å². The van der Waals surface area contributed by atoms with E-state index in [0.29, 0.717) is 24.7 Å². The van der Waals surface area contributed by atoms with Gasteiger partial charge in [-0.15, -0.1) is 11.3 Å². The molecule has 1 aliphatic rings. The Balaban J connectivity index is 1.79. The quantitative estimate of drug-likeness (QED) is 0.833. The zero-order valence-corrected chi connectivity index (χ0v) is 14.9. The number of hydrogen-bond donors (Lipinski definition) is 0. The van der Waals surface area contributed by atoms with Gasteiger partial charge in [0.2, 0.25) is 0 Å². The summed E-state index contributed by atoms with van der Waals surface area (Å²) < 4.78 is 16.3. The van der Waals surface area contributed by atoms with Crippen molar-refractivity contribution in [2.24, 2.45) is 0 Å². The third-order valence-electron chi connectivity index (χ3n) is 4.03. The molecule has 0 saturated carbocycles. The van der Waals surface area contributed by atoms with E-state index in [1.807, 2.05) is 37.3 Å². The molecule has 1 aromatic carbocycles. The predicted octanol–water partition coefficient (Wildman–Crippen LogP) is 3.29. The number of methoxy groups -OCH3 is 1. The van der Waals surface area contributed by atoms with E-state index in [2.05, 4.69) is 0 Å². The molecule has 1 atom stereocenters. The van der Waals surface area contributed by atoms with Crippen LogP contribution in [0.2, 0.25) is 0 Å². The Labute approximate surface area is 145 Å². The lowest BCUT2D eigenvalue weighted by molar-refractivity contribution is 0.0638. The van der Waals surface area contributed by atoms with Crippen molar-refractivity contribution in [3.63, 3.8) is 0 Å². The van der Waals surface area contributed by atoms with Gasteiger partial charge in [0.15, 0.2) is 11.5 Å². The number of thiophene rings is 1. The summed E-state index contributed by atoms with van der Waals surface area (Å²) in [5, 5.41) is 0. The van der Waals surface area contributed by atoms with Crippen molar-refractivity contribution in [2.75, 3.05) is 34.0 Å². The molecule has 0 fully saturated rings. The van der Waals surface area contributed by atoms with Crippen LogP contribution >= 0.6 is 11.3 Å². The molecule has 2 heterocycles. The molecule has 0 saturated heterocycles. The highest BCUT2D eigenvalue weighted by Crippen LogP contribution is 2.37. The average molecular weight is 347 g/mol. The van der Waals surface area contributed by atoms with Crippen molar-refractivity contribution in [2.45, 2.75) is 13.0 Å². The van der Waals surface area contributed by atoms with Gasteiger partial charge in [-0.3, -0.25) is 4.79 Å². The van der Waals surface area contributed by atoms with Gasteiger partial charge >= 0.3 is 0 Å². The SMILES string of the molecule is COC[C@@H](C)N(C)C(=O)c1ccc(-c2ccc3c(c2)OCCO3)s1. The number of ether oxygens (including phenoxy) is 3. The fourth-order valence-corrected chi connectivity index (χ4v) is 3.52. The first kappa shape index (κ1) is 16.8.